The van der Waals surface area contributed by atoms with Gasteiger partial charge in [-0.2, -0.15) is 0 Å². The van der Waals surface area contributed by atoms with Gasteiger partial charge in [0, 0.05) is 37.2 Å². The predicted molar refractivity (Wildman–Crippen MR) is 109 cm³/mol. The summed E-state index contributed by atoms with van der Waals surface area (Å²) in [5.74, 6) is 0.471. The Balaban J connectivity index is 1.31. The van der Waals surface area contributed by atoms with E-state index in [-0.39, 0.29) is 23.8 Å². The molecule has 0 bridgehead atoms. The Hall–Kier alpha value is -3.35. The second kappa shape index (κ2) is 7.16. The summed E-state index contributed by atoms with van der Waals surface area (Å²) in [6.45, 7) is 1.86. The predicted octanol–water partition coefficient (Wildman–Crippen LogP) is 2.38. The highest BCUT2D eigenvalue weighted by Crippen LogP contribution is 2.41. The number of carbonyl (C=O) groups excluding carboxylic acids is 3. The number of nitrogens with one attached hydrogen (secondary N) is 1. The molecule has 3 aliphatic heterocycles. The number of urea groups is 1. The van der Waals surface area contributed by atoms with Crippen LogP contribution in [0, 0.1) is 5.92 Å². The first kappa shape index (κ1) is 18.7. The zero-order valence-electron chi connectivity index (χ0n) is 16.5. The van der Waals surface area contributed by atoms with Crippen LogP contribution >= 0.6 is 0 Å². The molecular weight excluding hydrogens is 382 g/mol. The van der Waals surface area contributed by atoms with Gasteiger partial charge in [-0.05, 0) is 30.5 Å². The number of fused-ring (bicyclic) bond motifs is 2. The Kier molecular flexibility index (Phi) is 4.46. The van der Waals surface area contributed by atoms with Crippen LogP contribution < -0.4 is 10.1 Å². The summed E-state index contributed by atoms with van der Waals surface area (Å²) in [7, 11) is 0. The molecule has 154 valence electrons. The Morgan fingerprint density at radius 2 is 1.87 bits per heavy atom. The second-order valence-corrected chi connectivity index (χ2v) is 8.12. The van der Waals surface area contributed by atoms with Crippen LogP contribution in [0.15, 0.2) is 54.6 Å². The number of hydrogen-bond acceptors (Lipinski definition) is 4. The molecule has 2 fully saturated rings. The first-order valence-corrected chi connectivity index (χ1v) is 10.3. The van der Waals surface area contributed by atoms with Crippen molar-refractivity contribution in [1.82, 2.24) is 15.1 Å². The molecule has 7 nitrogen and oxygen atoms in total. The minimum atomic E-state index is -1.05. The van der Waals surface area contributed by atoms with E-state index in [9.17, 15) is 14.4 Å². The van der Waals surface area contributed by atoms with Crippen LogP contribution in [-0.4, -0.2) is 53.9 Å². The normalized spacial score (nSPS) is 25.3. The lowest BCUT2D eigenvalue weighted by molar-refractivity contribution is -0.133. The SMILES string of the molecule is O=C(c1ccccc1)N1CCC(CN2C(=O)NC3(CCOc4ccccc43)C2=O)C1. The first-order valence-electron chi connectivity index (χ1n) is 10.3. The second-order valence-electron chi connectivity index (χ2n) is 8.12. The largest absolute Gasteiger partial charge is 0.493 e. The van der Waals surface area contributed by atoms with Gasteiger partial charge >= 0.3 is 6.03 Å². The average Bonchev–Trinajstić information content (AvgIpc) is 3.34. The molecule has 0 aromatic heterocycles. The standard InChI is InChI=1S/C23H23N3O4/c27-20(17-6-2-1-3-7-17)25-12-10-16(14-25)15-26-21(28)23(24-22(26)29)11-13-30-19-9-5-4-8-18(19)23/h1-9,16H,10-15H2,(H,24,29). The summed E-state index contributed by atoms with van der Waals surface area (Å²) in [5, 5.41) is 2.94. The van der Waals surface area contributed by atoms with Crippen molar-refractivity contribution in [2.24, 2.45) is 5.92 Å². The summed E-state index contributed by atoms with van der Waals surface area (Å²) >= 11 is 0. The third-order valence-electron chi connectivity index (χ3n) is 6.29. The van der Waals surface area contributed by atoms with Crippen LogP contribution in [0.4, 0.5) is 4.79 Å². The van der Waals surface area contributed by atoms with E-state index < -0.39 is 5.54 Å². The fourth-order valence-electron chi connectivity index (χ4n) is 4.73. The molecule has 0 radical (unpaired) electrons. The number of ether oxygens (including phenoxy) is 1. The highest BCUT2D eigenvalue weighted by Gasteiger charge is 2.55. The maximum Gasteiger partial charge on any atom is 0.325 e. The van der Waals surface area contributed by atoms with Crippen LogP contribution in [0.3, 0.4) is 0 Å². The monoisotopic (exact) mass is 405 g/mol. The van der Waals surface area contributed by atoms with Gasteiger partial charge in [-0.3, -0.25) is 14.5 Å². The highest BCUT2D eigenvalue weighted by atomic mass is 16.5. The molecule has 7 heteroatoms. The van der Waals surface area contributed by atoms with Gasteiger partial charge in [0.25, 0.3) is 11.8 Å². The lowest BCUT2D eigenvalue weighted by Crippen LogP contribution is -2.47. The fraction of sp³-hybridized carbons (Fsp3) is 0.348. The van der Waals surface area contributed by atoms with E-state index in [4.69, 9.17) is 4.74 Å². The molecule has 1 spiro atoms. The van der Waals surface area contributed by atoms with E-state index in [2.05, 4.69) is 5.32 Å². The van der Waals surface area contributed by atoms with Crippen LogP contribution in [-0.2, 0) is 10.3 Å². The van der Waals surface area contributed by atoms with Gasteiger partial charge in [0.15, 0.2) is 5.54 Å². The topological polar surface area (TPSA) is 79.0 Å². The molecule has 2 unspecified atom stereocenters. The molecule has 0 aliphatic carbocycles. The van der Waals surface area contributed by atoms with E-state index in [0.717, 1.165) is 6.42 Å². The van der Waals surface area contributed by atoms with Crippen LogP contribution in [0.25, 0.3) is 0 Å². The number of hydrogen-bond donors (Lipinski definition) is 1. The van der Waals surface area contributed by atoms with Crippen molar-refractivity contribution in [2.75, 3.05) is 26.2 Å². The molecule has 2 aromatic carbocycles. The number of imide groups is 1. The maximum absolute atomic E-state index is 13.4. The molecule has 0 saturated carbocycles. The van der Waals surface area contributed by atoms with E-state index >= 15 is 0 Å². The third-order valence-corrected chi connectivity index (χ3v) is 6.29. The van der Waals surface area contributed by atoms with Crippen molar-refractivity contribution >= 4 is 17.8 Å². The number of amides is 4. The van der Waals surface area contributed by atoms with Gasteiger partial charge in [-0.25, -0.2) is 4.79 Å². The minimum Gasteiger partial charge on any atom is -0.493 e. The zero-order valence-corrected chi connectivity index (χ0v) is 16.5. The van der Waals surface area contributed by atoms with Crippen molar-refractivity contribution < 1.29 is 19.1 Å². The van der Waals surface area contributed by atoms with Gasteiger partial charge < -0.3 is 15.0 Å². The molecule has 2 atom stereocenters. The van der Waals surface area contributed by atoms with E-state index in [1.807, 2.05) is 42.5 Å². The number of rotatable bonds is 3. The number of nitrogens with zero attached hydrogens (tertiary/aromatic N) is 2. The van der Waals surface area contributed by atoms with Gasteiger partial charge in [0.2, 0.25) is 0 Å². The summed E-state index contributed by atoms with van der Waals surface area (Å²) in [6.07, 6.45) is 1.18. The van der Waals surface area contributed by atoms with E-state index in [1.54, 1.807) is 17.0 Å². The summed E-state index contributed by atoms with van der Waals surface area (Å²) in [5.41, 5.74) is 0.319. The highest BCUT2D eigenvalue weighted by molar-refractivity contribution is 6.08. The molecule has 1 N–H and O–H groups in total. The Labute approximate surface area is 174 Å². The molecule has 3 heterocycles. The molecule has 2 aromatic rings. The zero-order chi connectivity index (χ0) is 20.7. The quantitative estimate of drug-likeness (QED) is 0.796. The molecule has 4 amide bonds. The van der Waals surface area contributed by atoms with Crippen molar-refractivity contribution in [3.05, 3.63) is 65.7 Å². The smallest absolute Gasteiger partial charge is 0.325 e. The summed E-state index contributed by atoms with van der Waals surface area (Å²) < 4.78 is 5.68. The third kappa shape index (κ3) is 2.93. The van der Waals surface area contributed by atoms with Gasteiger partial charge in [-0.15, -0.1) is 0 Å². The number of likely N-dealkylation sites (tertiary alicyclic amines) is 1. The lowest BCUT2D eigenvalue weighted by Gasteiger charge is -2.33. The van der Waals surface area contributed by atoms with Crippen LogP contribution in [0.2, 0.25) is 0 Å². The van der Waals surface area contributed by atoms with E-state index in [0.29, 0.717) is 49.5 Å². The Morgan fingerprint density at radius 1 is 1.10 bits per heavy atom. The van der Waals surface area contributed by atoms with Crippen molar-refractivity contribution in [2.45, 2.75) is 18.4 Å². The molecule has 3 aliphatic rings. The molecule has 2 saturated heterocycles. The first-order chi connectivity index (χ1) is 14.6. The van der Waals surface area contributed by atoms with Crippen molar-refractivity contribution in [3.8, 4) is 5.75 Å². The number of benzene rings is 2. The molecular formula is C23H23N3O4. The summed E-state index contributed by atoms with van der Waals surface area (Å²) in [6, 6.07) is 16.2. The number of para-hydroxylation sites is 1. The molecule has 30 heavy (non-hydrogen) atoms. The average molecular weight is 405 g/mol. The van der Waals surface area contributed by atoms with Crippen molar-refractivity contribution in [1.29, 1.82) is 0 Å². The van der Waals surface area contributed by atoms with Gasteiger partial charge in [0.1, 0.15) is 5.75 Å². The Morgan fingerprint density at radius 3 is 2.70 bits per heavy atom. The summed E-state index contributed by atoms with van der Waals surface area (Å²) in [4.78, 5) is 42.0. The van der Waals surface area contributed by atoms with Crippen LogP contribution in [0.1, 0.15) is 28.8 Å². The van der Waals surface area contributed by atoms with Crippen molar-refractivity contribution in [3.63, 3.8) is 0 Å². The van der Waals surface area contributed by atoms with Gasteiger partial charge in [-0.1, -0.05) is 36.4 Å². The van der Waals surface area contributed by atoms with Gasteiger partial charge in [0.05, 0.1) is 6.61 Å². The maximum atomic E-state index is 13.4. The Bertz CT molecular complexity index is 1010. The lowest BCUT2D eigenvalue weighted by atomic mass is 9.84. The minimum absolute atomic E-state index is 0.00914. The van der Waals surface area contributed by atoms with Crippen LogP contribution in [0.5, 0.6) is 5.75 Å². The van der Waals surface area contributed by atoms with E-state index in [1.165, 1.54) is 4.90 Å². The fourth-order valence-corrected chi connectivity index (χ4v) is 4.73. The molecule has 5 rings (SSSR count). The number of carbonyl (C=O) groups is 3.